The quantitative estimate of drug-likeness (QED) is 0.845. The first kappa shape index (κ1) is 18.5. The monoisotopic (exact) mass is 356 g/mol. The highest BCUT2D eigenvalue weighted by molar-refractivity contribution is 5.68. The first-order valence-corrected chi connectivity index (χ1v) is 9.12. The average molecular weight is 356 g/mol. The van der Waals surface area contributed by atoms with Crippen LogP contribution in [0.4, 0.5) is 4.79 Å². The number of nitrogens with zero attached hydrogens (tertiary/aromatic N) is 4. The number of hydrogen-bond donors (Lipinski definition) is 0. The molecule has 1 unspecified atom stereocenters. The summed E-state index contributed by atoms with van der Waals surface area (Å²) in [5.41, 5.74) is 0.812. The lowest BCUT2D eigenvalue weighted by molar-refractivity contribution is 0.000118. The third-order valence-corrected chi connectivity index (χ3v) is 4.47. The summed E-state index contributed by atoms with van der Waals surface area (Å²) >= 11 is 0. The molecule has 0 radical (unpaired) electrons. The fourth-order valence-corrected chi connectivity index (χ4v) is 3.22. The van der Waals surface area contributed by atoms with Crippen molar-refractivity contribution in [3.63, 3.8) is 0 Å². The predicted molar refractivity (Wildman–Crippen MR) is 101 cm³/mol. The van der Waals surface area contributed by atoms with E-state index in [1.54, 1.807) is 6.20 Å². The molecule has 0 saturated carbocycles. The molecular weight excluding hydrogens is 328 g/mol. The van der Waals surface area contributed by atoms with E-state index < -0.39 is 5.60 Å². The lowest BCUT2D eigenvalue weighted by Gasteiger charge is -2.41. The lowest BCUT2D eigenvalue weighted by Crippen LogP contribution is -2.56. The van der Waals surface area contributed by atoms with Crippen molar-refractivity contribution in [1.29, 1.82) is 0 Å². The van der Waals surface area contributed by atoms with Gasteiger partial charge in [-0.15, -0.1) is 0 Å². The zero-order valence-electron chi connectivity index (χ0n) is 15.8. The Hall–Kier alpha value is -2.34. The number of imidazole rings is 1. The second-order valence-corrected chi connectivity index (χ2v) is 7.80. The molecule has 0 spiro atoms. The fourth-order valence-electron chi connectivity index (χ4n) is 3.22. The standard InChI is InChI=1S/C20H28N4O2/c1-20(2,3)26-19(25)24-12-11-23(13-17-7-5-4-6-8-17)18(15-24)14-22-10-9-21-16-22/h4-10,16,18H,11-15H2,1-3H3. The van der Waals surface area contributed by atoms with E-state index in [0.717, 1.165) is 19.6 Å². The van der Waals surface area contributed by atoms with Crippen LogP contribution < -0.4 is 0 Å². The van der Waals surface area contributed by atoms with Crippen molar-refractivity contribution in [2.24, 2.45) is 0 Å². The smallest absolute Gasteiger partial charge is 0.410 e. The van der Waals surface area contributed by atoms with E-state index in [4.69, 9.17) is 4.74 Å². The largest absolute Gasteiger partial charge is 0.444 e. The van der Waals surface area contributed by atoms with Gasteiger partial charge in [-0.1, -0.05) is 30.3 Å². The van der Waals surface area contributed by atoms with Crippen molar-refractivity contribution in [3.05, 3.63) is 54.6 Å². The minimum atomic E-state index is -0.474. The highest BCUT2D eigenvalue weighted by Gasteiger charge is 2.32. The Morgan fingerprint density at radius 2 is 2.00 bits per heavy atom. The molecule has 2 aromatic rings. The molecule has 1 atom stereocenters. The molecule has 1 amide bonds. The molecule has 6 nitrogen and oxygen atoms in total. The fraction of sp³-hybridized carbons (Fsp3) is 0.500. The van der Waals surface area contributed by atoms with Gasteiger partial charge < -0.3 is 14.2 Å². The third kappa shape index (κ3) is 5.08. The summed E-state index contributed by atoms with van der Waals surface area (Å²) in [6.45, 7) is 9.54. The van der Waals surface area contributed by atoms with Crippen LogP contribution in [0.3, 0.4) is 0 Å². The van der Waals surface area contributed by atoms with Gasteiger partial charge in [-0.05, 0) is 26.3 Å². The van der Waals surface area contributed by atoms with Gasteiger partial charge in [0.1, 0.15) is 5.60 Å². The van der Waals surface area contributed by atoms with E-state index in [0.29, 0.717) is 13.1 Å². The Morgan fingerprint density at radius 3 is 2.65 bits per heavy atom. The molecule has 0 aliphatic carbocycles. The van der Waals surface area contributed by atoms with Gasteiger partial charge in [0.15, 0.2) is 0 Å². The number of hydrogen-bond acceptors (Lipinski definition) is 4. The second kappa shape index (κ2) is 7.91. The van der Waals surface area contributed by atoms with Gasteiger partial charge in [0.05, 0.1) is 6.33 Å². The van der Waals surface area contributed by atoms with E-state index in [2.05, 4.69) is 38.7 Å². The number of carbonyl (C=O) groups excluding carboxylic acids is 1. The molecule has 1 aliphatic heterocycles. The number of rotatable bonds is 4. The molecule has 1 saturated heterocycles. The number of benzene rings is 1. The third-order valence-electron chi connectivity index (χ3n) is 4.47. The highest BCUT2D eigenvalue weighted by atomic mass is 16.6. The minimum absolute atomic E-state index is 0.214. The highest BCUT2D eigenvalue weighted by Crippen LogP contribution is 2.18. The first-order chi connectivity index (χ1) is 12.4. The molecule has 0 bridgehead atoms. The number of piperazine rings is 1. The Balaban J connectivity index is 1.70. The summed E-state index contributed by atoms with van der Waals surface area (Å²) < 4.78 is 7.63. The molecule has 26 heavy (non-hydrogen) atoms. The lowest BCUT2D eigenvalue weighted by atomic mass is 10.1. The Kier molecular flexibility index (Phi) is 5.61. The maximum absolute atomic E-state index is 12.5. The van der Waals surface area contributed by atoms with Crippen molar-refractivity contribution < 1.29 is 9.53 Å². The van der Waals surface area contributed by atoms with Crippen LogP contribution in [0.25, 0.3) is 0 Å². The van der Waals surface area contributed by atoms with Gasteiger partial charge in [-0.2, -0.15) is 0 Å². The Morgan fingerprint density at radius 1 is 1.23 bits per heavy atom. The molecule has 6 heteroatoms. The van der Waals surface area contributed by atoms with Gasteiger partial charge in [0, 0.05) is 51.2 Å². The SMILES string of the molecule is CC(C)(C)OC(=O)N1CCN(Cc2ccccc2)C(Cn2ccnc2)C1. The van der Waals surface area contributed by atoms with E-state index in [1.165, 1.54) is 5.56 Å². The number of ether oxygens (including phenoxy) is 1. The van der Waals surface area contributed by atoms with Crippen LogP contribution in [-0.2, 0) is 17.8 Å². The normalized spacial score (nSPS) is 18.7. The van der Waals surface area contributed by atoms with Crippen LogP contribution in [0.1, 0.15) is 26.3 Å². The topological polar surface area (TPSA) is 50.6 Å². The van der Waals surface area contributed by atoms with Crippen molar-refractivity contribution >= 4 is 6.09 Å². The zero-order valence-corrected chi connectivity index (χ0v) is 15.8. The molecule has 1 fully saturated rings. The van der Waals surface area contributed by atoms with Crippen LogP contribution in [0, 0.1) is 0 Å². The summed E-state index contributed by atoms with van der Waals surface area (Å²) in [6, 6.07) is 10.7. The summed E-state index contributed by atoms with van der Waals surface area (Å²) in [5.74, 6) is 0. The first-order valence-electron chi connectivity index (χ1n) is 9.12. The molecule has 2 heterocycles. The van der Waals surface area contributed by atoms with Gasteiger partial charge in [0.2, 0.25) is 0 Å². The summed E-state index contributed by atoms with van der Waals surface area (Å²) in [6.07, 6.45) is 5.35. The van der Waals surface area contributed by atoms with E-state index >= 15 is 0 Å². The van der Waals surface area contributed by atoms with Crippen molar-refractivity contribution in [2.45, 2.75) is 45.5 Å². The molecule has 1 aromatic carbocycles. The maximum atomic E-state index is 12.5. The summed E-state index contributed by atoms with van der Waals surface area (Å²) in [4.78, 5) is 20.9. The van der Waals surface area contributed by atoms with Crippen molar-refractivity contribution in [2.75, 3.05) is 19.6 Å². The van der Waals surface area contributed by atoms with Gasteiger partial charge in [-0.25, -0.2) is 9.78 Å². The van der Waals surface area contributed by atoms with Crippen molar-refractivity contribution in [3.8, 4) is 0 Å². The zero-order chi connectivity index (χ0) is 18.6. The molecule has 1 aliphatic rings. The number of aromatic nitrogens is 2. The van der Waals surface area contributed by atoms with Crippen LogP contribution in [0.2, 0.25) is 0 Å². The Labute approximate surface area is 155 Å². The van der Waals surface area contributed by atoms with Gasteiger partial charge in [0.25, 0.3) is 0 Å². The van der Waals surface area contributed by atoms with E-state index in [1.807, 2.05) is 44.3 Å². The molecule has 3 rings (SSSR count). The number of carbonyl (C=O) groups is 1. The van der Waals surface area contributed by atoms with E-state index in [9.17, 15) is 4.79 Å². The van der Waals surface area contributed by atoms with Gasteiger partial charge >= 0.3 is 6.09 Å². The predicted octanol–water partition coefficient (Wildman–Crippen LogP) is 3.00. The summed E-state index contributed by atoms with van der Waals surface area (Å²) in [7, 11) is 0. The van der Waals surface area contributed by atoms with Crippen LogP contribution >= 0.6 is 0 Å². The second-order valence-electron chi connectivity index (χ2n) is 7.80. The molecule has 140 valence electrons. The van der Waals surface area contributed by atoms with Crippen LogP contribution in [0.5, 0.6) is 0 Å². The Bertz CT molecular complexity index is 694. The van der Waals surface area contributed by atoms with E-state index in [-0.39, 0.29) is 12.1 Å². The molecular formula is C20H28N4O2. The number of amides is 1. The van der Waals surface area contributed by atoms with Gasteiger partial charge in [-0.3, -0.25) is 4.90 Å². The average Bonchev–Trinajstić information content (AvgIpc) is 3.09. The molecule has 0 N–H and O–H groups in total. The summed E-state index contributed by atoms with van der Waals surface area (Å²) in [5, 5.41) is 0. The maximum Gasteiger partial charge on any atom is 0.410 e. The molecule has 1 aromatic heterocycles. The van der Waals surface area contributed by atoms with Crippen LogP contribution in [0.15, 0.2) is 49.1 Å². The van der Waals surface area contributed by atoms with Crippen LogP contribution in [-0.4, -0.2) is 56.7 Å². The minimum Gasteiger partial charge on any atom is -0.444 e. The van der Waals surface area contributed by atoms with Crippen molar-refractivity contribution in [1.82, 2.24) is 19.4 Å².